The van der Waals surface area contributed by atoms with Crippen LogP contribution in [-0.2, 0) is 16.0 Å². The van der Waals surface area contributed by atoms with Crippen LogP contribution in [0.4, 0.5) is 5.69 Å². The van der Waals surface area contributed by atoms with Gasteiger partial charge < -0.3 is 19.6 Å². The van der Waals surface area contributed by atoms with Gasteiger partial charge in [0.2, 0.25) is 5.91 Å². The van der Waals surface area contributed by atoms with Crippen LogP contribution in [0.15, 0.2) is 41.7 Å². The van der Waals surface area contributed by atoms with Crippen molar-refractivity contribution in [3.63, 3.8) is 0 Å². The average molecular weight is 443 g/mol. The largest absolute Gasteiger partial charge is 0.378 e. The molecule has 166 valence electrons. The number of aromatic nitrogens is 5. The molecule has 1 aliphatic rings. The number of H-pyrrole nitrogens is 1. The summed E-state index contributed by atoms with van der Waals surface area (Å²) >= 11 is 0. The maximum Gasteiger partial charge on any atom is 0.274 e. The molecule has 0 bridgehead atoms. The molecular weight excluding hydrogens is 422 g/mol. The Balaban J connectivity index is 1.63. The number of benzene rings is 1. The topological polar surface area (TPSA) is 139 Å². The quantitative estimate of drug-likeness (QED) is 0.494. The van der Waals surface area contributed by atoms with Crippen molar-refractivity contribution in [3.8, 4) is 6.07 Å². The second kappa shape index (κ2) is 8.44. The van der Waals surface area contributed by atoms with Crippen LogP contribution in [0.5, 0.6) is 0 Å². The molecule has 5 rings (SSSR count). The summed E-state index contributed by atoms with van der Waals surface area (Å²) in [6, 6.07) is 7.61. The number of anilines is 1. The van der Waals surface area contributed by atoms with E-state index in [0.717, 1.165) is 29.3 Å². The van der Waals surface area contributed by atoms with E-state index in [9.17, 15) is 14.9 Å². The second-order valence-electron chi connectivity index (χ2n) is 8.11. The highest BCUT2D eigenvalue weighted by Crippen LogP contribution is 2.34. The lowest BCUT2D eigenvalue weighted by molar-refractivity contribution is -0.115. The number of nitriles is 1. The number of hydrogen-bond donors (Lipinski definition) is 2. The van der Waals surface area contributed by atoms with Gasteiger partial charge in [0.25, 0.3) is 5.56 Å². The van der Waals surface area contributed by atoms with E-state index in [4.69, 9.17) is 9.72 Å². The van der Waals surface area contributed by atoms with Gasteiger partial charge in [-0.2, -0.15) is 5.26 Å². The Morgan fingerprint density at radius 1 is 1.36 bits per heavy atom. The van der Waals surface area contributed by atoms with Gasteiger partial charge in [-0.25, -0.2) is 9.97 Å². The first-order chi connectivity index (χ1) is 16.0. The van der Waals surface area contributed by atoms with Gasteiger partial charge in [0.1, 0.15) is 17.0 Å². The van der Waals surface area contributed by atoms with Gasteiger partial charge in [0.05, 0.1) is 53.9 Å². The van der Waals surface area contributed by atoms with Crippen molar-refractivity contribution < 1.29 is 9.53 Å². The molecule has 4 aromatic rings. The van der Waals surface area contributed by atoms with Gasteiger partial charge in [-0.05, 0) is 38.0 Å². The minimum absolute atomic E-state index is 0.0335. The van der Waals surface area contributed by atoms with E-state index in [1.807, 2.05) is 19.1 Å². The number of imidazole rings is 1. The third-order valence-electron chi connectivity index (χ3n) is 5.85. The Labute approximate surface area is 188 Å². The van der Waals surface area contributed by atoms with E-state index >= 15 is 0 Å². The zero-order chi connectivity index (χ0) is 22.9. The first-order valence-corrected chi connectivity index (χ1v) is 10.7. The number of nitrogens with one attached hydrogen (secondary N) is 2. The number of carbonyl (C=O) groups is 1. The number of aromatic amines is 1. The molecule has 3 aromatic heterocycles. The van der Waals surface area contributed by atoms with Crippen LogP contribution >= 0.6 is 0 Å². The summed E-state index contributed by atoms with van der Waals surface area (Å²) in [6.07, 6.45) is 5.83. The Morgan fingerprint density at radius 3 is 3.03 bits per heavy atom. The third-order valence-corrected chi connectivity index (χ3v) is 5.85. The molecule has 2 N–H and O–H groups in total. The lowest BCUT2D eigenvalue weighted by atomic mass is 10.0. The highest BCUT2D eigenvalue weighted by atomic mass is 16.5. The van der Waals surface area contributed by atoms with E-state index in [-0.39, 0.29) is 30.2 Å². The van der Waals surface area contributed by atoms with Crippen molar-refractivity contribution in [1.82, 2.24) is 24.5 Å². The van der Waals surface area contributed by atoms with Gasteiger partial charge in [0, 0.05) is 18.0 Å². The third kappa shape index (κ3) is 3.94. The van der Waals surface area contributed by atoms with Crippen LogP contribution in [-0.4, -0.2) is 43.1 Å². The van der Waals surface area contributed by atoms with Crippen LogP contribution < -0.4 is 10.9 Å². The number of amides is 1. The minimum atomic E-state index is -0.427. The number of fused-ring (bicyclic) bond motifs is 3. The standard InChI is InChI=1S/C23H21N7O3/c1-13-6-15(4-5-33-13)30-20(8-21(31)29-19-10-25-12-27-23(19)32)28-18-11-26-17-3-2-14(9-24)7-16(17)22(18)30/h2-3,7,10-13,15H,4-6,8H2,1H3,(H,29,31)(H,25,27,32)/t13-,15-/m1/s1. The van der Waals surface area contributed by atoms with Gasteiger partial charge in [0.15, 0.2) is 0 Å². The molecule has 0 unspecified atom stereocenters. The van der Waals surface area contributed by atoms with Crippen LogP contribution in [0.3, 0.4) is 0 Å². The molecule has 33 heavy (non-hydrogen) atoms. The summed E-state index contributed by atoms with van der Waals surface area (Å²) in [5.41, 5.74) is 2.43. The van der Waals surface area contributed by atoms with Gasteiger partial charge in [-0.3, -0.25) is 14.6 Å². The zero-order valence-corrected chi connectivity index (χ0v) is 17.9. The molecule has 1 amide bonds. The van der Waals surface area contributed by atoms with Gasteiger partial charge >= 0.3 is 0 Å². The monoisotopic (exact) mass is 443 g/mol. The number of hydrogen-bond acceptors (Lipinski definition) is 7. The number of rotatable bonds is 4. The summed E-state index contributed by atoms with van der Waals surface area (Å²) in [5, 5.41) is 12.8. The lowest BCUT2D eigenvalue weighted by Crippen LogP contribution is -2.28. The summed E-state index contributed by atoms with van der Waals surface area (Å²) in [4.78, 5) is 40.3. The van der Waals surface area contributed by atoms with Crippen LogP contribution in [0, 0.1) is 11.3 Å². The van der Waals surface area contributed by atoms with Crippen molar-refractivity contribution in [3.05, 3.63) is 58.7 Å². The second-order valence-corrected chi connectivity index (χ2v) is 8.11. The molecule has 1 aliphatic heterocycles. The van der Waals surface area contributed by atoms with Crippen molar-refractivity contribution in [1.29, 1.82) is 5.26 Å². The fourth-order valence-electron chi connectivity index (χ4n) is 4.39. The molecule has 2 atom stereocenters. The fraction of sp³-hybridized carbons (Fsp3) is 0.304. The molecule has 1 saturated heterocycles. The molecular formula is C23H21N7O3. The maximum atomic E-state index is 12.8. The van der Waals surface area contributed by atoms with E-state index in [1.54, 1.807) is 12.3 Å². The zero-order valence-electron chi connectivity index (χ0n) is 17.9. The lowest BCUT2D eigenvalue weighted by Gasteiger charge is -2.30. The van der Waals surface area contributed by atoms with E-state index < -0.39 is 5.56 Å². The maximum absolute atomic E-state index is 12.8. The molecule has 0 spiro atoms. The number of ether oxygens (including phenoxy) is 1. The predicted molar refractivity (Wildman–Crippen MR) is 121 cm³/mol. The Kier molecular flexibility index (Phi) is 5.32. The van der Waals surface area contributed by atoms with Gasteiger partial charge in [-0.15, -0.1) is 0 Å². The Morgan fingerprint density at radius 2 is 2.24 bits per heavy atom. The first kappa shape index (κ1) is 20.8. The average Bonchev–Trinajstić information content (AvgIpc) is 3.18. The predicted octanol–water partition coefficient (Wildman–Crippen LogP) is 2.46. The number of nitrogens with zero attached hydrogens (tertiary/aromatic N) is 5. The highest BCUT2D eigenvalue weighted by molar-refractivity contribution is 6.03. The van der Waals surface area contributed by atoms with Crippen molar-refractivity contribution in [2.45, 2.75) is 38.3 Å². The number of carbonyl (C=O) groups excluding carboxylic acids is 1. The summed E-state index contributed by atoms with van der Waals surface area (Å²) in [6.45, 7) is 2.63. The Hall–Kier alpha value is -4.10. The van der Waals surface area contributed by atoms with E-state index in [0.29, 0.717) is 23.5 Å². The fourth-order valence-corrected chi connectivity index (χ4v) is 4.39. The molecule has 4 heterocycles. The van der Waals surface area contributed by atoms with Crippen molar-refractivity contribution in [2.24, 2.45) is 0 Å². The molecule has 0 aliphatic carbocycles. The minimum Gasteiger partial charge on any atom is -0.378 e. The SMILES string of the molecule is C[C@@H]1C[C@H](n2c(CC(=O)Nc3cnc[nH]c3=O)nc3cnc4ccc(C#N)cc4c32)CCO1. The smallest absolute Gasteiger partial charge is 0.274 e. The molecule has 10 heteroatoms. The van der Waals surface area contributed by atoms with E-state index in [1.165, 1.54) is 12.5 Å². The van der Waals surface area contributed by atoms with Crippen LogP contribution in [0.2, 0.25) is 0 Å². The molecule has 1 aromatic carbocycles. The molecule has 1 fully saturated rings. The van der Waals surface area contributed by atoms with Crippen molar-refractivity contribution >= 4 is 33.5 Å². The molecule has 0 radical (unpaired) electrons. The normalized spacial score (nSPS) is 18.3. The summed E-state index contributed by atoms with van der Waals surface area (Å²) in [7, 11) is 0. The van der Waals surface area contributed by atoms with Crippen LogP contribution in [0.1, 0.15) is 37.2 Å². The van der Waals surface area contributed by atoms with E-state index in [2.05, 4.69) is 30.9 Å². The summed E-state index contributed by atoms with van der Waals surface area (Å²) in [5.74, 6) is 0.193. The Bertz CT molecular complexity index is 1470. The van der Waals surface area contributed by atoms with Gasteiger partial charge in [-0.1, -0.05) is 0 Å². The number of pyridine rings is 1. The molecule has 0 saturated carbocycles. The van der Waals surface area contributed by atoms with Crippen LogP contribution in [0.25, 0.3) is 21.9 Å². The summed E-state index contributed by atoms with van der Waals surface area (Å²) < 4.78 is 7.83. The molecule has 10 nitrogen and oxygen atoms in total. The van der Waals surface area contributed by atoms with Crippen molar-refractivity contribution in [2.75, 3.05) is 11.9 Å². The highest BCUT2D eigenvalue weighted by Gasteiger charge is 2.27. The first-order valence-electron chi connectivity index (χ1n) is 10.7.